The van der Waals surface area contributed by atoms with Crippen molar-refractivity contribution in [2.75, 3.05) is 5.73 Å². The zero-order chi connectivity index (χ0) is 6.85. The molecule has 0 atom stereocenters. The monoisotopic (exact) mass is 167 g/mol. The van der Waals surface area contributed by atoms with Crippen LogP contribution < -0.4 is 35.3 Å². The van der Waals surface area contributed by atoms with E-state index in [1.807, 2.05) is 0 Å². The van der Waals surface area contributed by atoms with Gasteiger partial charge in [-0.1, -0.05) is 11.6 Å². The summed E-state index contributed by atoms with van der Waals surface area (Å²) in [5.41, 5.74) is 5.89. The molecule has 1 aromatic carbocycles. The van der Waals surface area contributed by atoms with E-state index in [1.165, 1.54) is 12.1 Å². The molecule has 0 heterocycles. The molecule has 0 amide bonds. The maximum atomic E-state index is 8.86. The minimum Gasteiger partial charge on any atom is -1.00 e. The molecule has 1 aromatic rings. The van der Waals surface area contributed by atoms with E-state index < -0.39 is 0 Å². The summed E-state index contributed by atoms with van der Waals surface area (Å²) in [4.78, 5) is 0. The fourth-order valence-corrected chi connectivity index (χ4v) is 0.712. The summed E-state index contributed by atoms with van der Waals surface area (Å²) in [6, 6.07) is 4.54. The largest absolute Gasteiger partial charge is 1.00 e. The third-order valence-electron chi connectivity index (χ3n) is 0.972. The van der Waals surface area contributed by atoms with Crippen molar-refractivity contribution in [3.05, 3.63) is 23.2 Å². The van der Waals surface area contributed by atoms with E-state index in [9.17, 15) is 0 Å². The van der Waals surface area contributed by atoms with Crippen LogP contribution in [0.4, 0.5) is 5.69 Å². The first-order valence-electron chi connectivity index (χ1n) is 2.44. The number of hydrogen-bond acceptors (Lipinski definition) is 2. The summed E-state index contributed by atoms with van der Waals surface area (Å²) >= 11 is 5.48. The second kappa shape index (κ2) is 4.09. The van der Waals surface area contributed by atoms with Gasteiger partial charge >= 0.3 is 29.6 Å². The second-order valence-corrected chi connectivity index (χ2v) is 2.12. The maximum absolute atomic E-state index is 8.86. The van der Waals surface area contributed by atoms with Crippen LogP contribution in [-0.2, 0) is 0 Å². The molecule has 0 aromatic heterocycles. The quantitative estimate of drug-likeness (QED) is 0.288. The third-order valence-corrected chi connectivity index (χ3v) is 1.27. The number of aromatic hydroxyl groups is 1. The molecule has 4 heteroatoms. The molecule has 10 heavy (non-hydrogen) atoms. The van der Waals surface area contributed by atoms with E-state index in [-0.39, 0.29) is 41.8 Å². The Balaban J connectivity index is 0. The molecule has 0 bridgehead atoms. The predicted molar refractivity (Wildman–Crippen MR) is 38.6 cm³/mol. The van der Waals surface area contributed by atoms with Gasteiger partial charge in [0.15, 0.2) is 0 Å². The van der Waals surface area contributed by atoms with E-state index in [0.717, 1.165) is 0 Å². The summed E-state index contributed by atoms with van der Waals surface area (Å²) in [5.74, 6) is 0.0610. The Morgan fingerprint density at radius 2 is 2.10 bits per heavy atom. The van der Waals surface area contributed by atoms with Crippen LogP contribution in [0.1, 0.15) is 1.43 Å². The average Bonchev–Trinajstić information content (AvgIpc) is 1.80. The zero-order valence-corrected chi connectivity index (χ0v) is 8.39. The van der Waals surface area contributed by atoms with E-state index in [4.69, 9.17) is 22.4 Å². The van der Waals surface area contributed by atoms with Crippen LogP contribution in [0, 0.1) is 0 Å². The molecule has 2 nitrogen and oxygen atoms in total. The molecular formula is C6H7ClNNaO. The molecule has 0 unspecified atom stereocenters. The molecule has 0 spiro atoms. The van der Waals surface area contributed by atoms with E-state index >= 15 is 0 Å². The number of nitrogen functional groups attached to an aromatic ring is 1. The molecule has 1 rings (SSSR count). The van der Waals surface area contributed by atoms with E-state index in [1.54, 1.807) is 6.07 Å². The minimum absolute atomic E-state index is 0. The Hall–Kier alpha value is 0.110. The number of rotatable bonds is 0. The Labute approximate surface area is 87.8 Å². The first-order chi connectivity index (χ1) is 4.20. The van der Waals surface area contributed by atoms with Crippen LogP contribution in [0.25, 0.3) is 0 Å². The number of phenolic OH excluding ortho intramolecular Hbond substituents is 1. The van der Waals surface area contributed by atoms with Crippen molar-refractivity contribution in [3.63, 3.8) is 0 Å². The molecule has 0 fully saturated rings. The Morgan fingerprint density at radius 3 is 2.50 bits per heavy atom. The average molecular weight is 168 g/mol. The van der Waals surface area contributed by atoms with Crippen LogP contribution in [0.3, 0.4) is 0 Å². The van der Waals surface area contributed by atoms with Crippen molar-refractivity contribution in [1.29, 1.82) is 0 Å². The smallest absolute Gasteiger partial charge is 1.00 e. The fraction of sp³-hybridized carbons (Fsp3) is 0. The molecular weight excluding hydrogens is 161 g/mol. The molecule has 50 valence electrons. The Kier molecular flexibility index (Phi) is 4.13. The standard InChI is InChI=1S/C6H6ClNO.Na.H/c7-5-3-4(8)1-2-6(5)9;;/h1-3,9H,8H2;;/q;+1;-1. The van der Waals surface area contributed by atoms with Crippen molar-refractivity contribution in [2.45, 2.75) is 0 Å². The van der Waals surface area contributed by atoms with Crippen molar-refractivity contribution in [2.24, 2.45) is 0 Å². The number of halogens is 1. The Bertz CT molecular complexity index is 234. The Morgan fingerprint density at radius 1 is 1.50 bits per heavy atom. The summed E-state index contributed by atoms with van der Waals surface area (Å²) in [6.07, 6.45) is 0. The van der Waals surface area contributed by atoms with Gasteiger partial charge in [0, 0.05) is 5.69 Å². The molecule has 0 saturated heterocycles. The van der Waals surface area contributed by atoms with Gasteiger partial charge in [0.1, 0.15) is 5.75 Å². The first-order valence-corrected chi connectivity index (χ1v) is 2.82. The van der Waals surface area contributed by atoms with Crippen LogP contribution in [0.2, 0.25) is 5.02 Å². The van der Waals surface area contributed by atoms with Gasteiger partial charge < -0.3 is 12.3 Å². The summed E-state index contributed by atoms with van der Waals surface area (Å²) in [6.45, 7) is 0. The zero-order valence-electron chi connectivity index (χ0n) is 6.63. The van der Waals surface area contributed by atoms with Gasteiger partial charge in [-0.2, -0.15) is 0 Å². The molecule has 0 aliphatic rings. The van der Waals surface area contributed by atoms with Crippen LogP contribution in [0.5, 0.6) is 5.75 Å². The van der Waals surface area contributed by atoms with Crippen molar-refractivity contribution < 1.29 is 36.1 Å². The fourth-order valence-electron chi connectivity index (χ4n) is 0.523. The van der Waals surface area contributed by atoms with Crippen LogP contribution >= 0.6 is 11.6 Å². The molecule has 3 N–H and O–H groups in total. The van der Waals surface area contributed by atoms with Gasteiger partial charge in [-0.25, -0.2) is 0 Å². The first kappa shape index (κ1) is 10.1. The summed E-state index contributed by atoms with van der Waals surface area (Å²) < 4.78 is 0. The normalized spacial score (nSPS) is 8.50. The van der Waals surface area contributed by atoms with E-state index in [0.29, 0.717) is 5.69 Å². The number of nitrogens with two attached hydrogens (primary N) is 1. The summed E-state index contributed by atoms with van der Waals surface area (Å²) in [5, 5.41) is 9.14. The van der Waals surface area contributed by atoms with Gasteiger partial charge in [-0.15, -0.1) is 0 Å². The summed E-state index contributed by atoms with van der Waals surface area (Å²) in [7, 11) is 0. The van der Waals surface area contributed by atoms with Gasteiger partial charge in [0.25, 0.3) is 0 Å². The maximum Gasteiger partial charge on any atom is 1.00 e. The van der Waals surface area contributed by atoms with Crippen molar-refractivity contribution in [1.82, 2.24) is 0 Å². The second-order valence-electron chi connectivity index (χ2n) is 1.71. The van der Waals surface area contributed by atoms with Gasteiger partial charge in [-0.3, -0.25) is 0 Å². The SMILES string of the molecule is Nc1ccc(O)c(Cl)c1.[H-].[Na+]. The van der Waals surface area contributed by atoms with E-state index in [2.05, 4.69) is 0 Å². The van der Waals surface area contributed by atoms with Gasteiger partial charge in [0.2, 0.25) is 0 Å². The number of phenols is 1. The van der Waals surface area contributed by atoms with Crippen molar-refractivity contribution in [3.8, 4) is 5.75 Å². The number of benzene rings is 1. The number of anilines is 1. The predicted octanol–water partition coefficient (Wildman–Crippen LogP) is -1.26. The molecule has 0 saturated carbocycles. The topological polar surface area (TPSA) is 46.2 Å². The van der Waals surface area contributed by atoms with Crippen LogP contribution in [-0.4, -0.2) is 5.11 Å². The number of hydrogen-bond donors (Lipinski definition) is 2. The molecule has 0 aliphatic carbocycles. The van der Waals surface area contributed by atoms with Crippen molar-refractivity contribution >= 4 is 17.3 Å². The van der Waals surface area contributed by atoms with Gasteiger partial charge in [0.05, 0.1) is 5.02 Å². The van der Waals surface area contributed by atoms with Crippen LogP contribution in [0.15, 0.2) is 18.2 Å². The van der Waals surface area contributed by atoms with Gasteiger partial charge in [-0.05, 0) is 18.2 Å². The molecule has 0 aliphatic heterocycles. The third kappa shape index (κ3) is 2.39. The minimum atomic E-state index is 0. The molecule has 0 radical (unpaired) electrons.